The first-order valence-corrected chi connectivity index (χ1v) is 13.8. The van der Waals surface area contributed by atoms with E-state index in [2.05, 4.69) is 36.4 Å². The number of carbonyl (C=O) groups is 3. The number of hydrogen-bond donors (Lipinski definition) is 3. The average molecular weight is 621 g/mol. The van der Waals surface area contributed by atoms with Crippen LogP contribution in [0.25, 0.3) is 22.1 Å². The van der Waals surface area contributed by atoms with Crippen LogP contribution in [0.2, 0.25) is 0 Å². The molecule has 0 unspecified atom stereocenters. The van der Waals surface area contributed by atoms with Crippen LogP contribution in [0, 0.1) is 18.3 Å². The molecule has 0 saturated heterocycles. The molecule has 0 spiro atoms. The summed E-state index contributed by atoms with van der Waals surface area (Å²) in [6, 6.07) is 2.60. The first kappa shape index (κ1) is 24.8. The molecule has 0 aromatic carbocycles. The van der Waals surface area contributed by atoms with Crippen LogP contribution >= 0.6 is 0 Å². The summed E-state index contributed by atoms with van der Waals surface area (Å²) in [6.07, 6.45) is 6.10. The number of aromatic nitrogens is 6. The van der Waals surface area contributed by atoms with Gasteiger partial charge in [-0.1, -0.05) is 0 Å². The summed E-state index contributed by atoms with van der Waals surface area (Å²) < 4.78 is 45.5. The molecule has 0 bridgehead atoms. The Labute approximate surface area is 262 Å². The largest absolute Gasteiger partial charge is 0.453 e. The van der Waals surface area contributed by atoms with Crippen LogP contribution in [0.5, 0.6) is 0 Å². The molecule has 2 aliphatic rings. The van der Waals surface area contributed by atoms with E-state index in [0.717, 1.165) is 4.90 Å². The van der Waals surface area contributed by atoms with E-state index in [-0.39, 0.29) is 53.4 Å². The van der Waals surface area contributed by atoms with Crippen LogP contribution in [0.15, 0.2) is 29.2 Å². The van der Waals surface area contributed by atoms with E-state index in [1.54, 1.807) is 12.1 Å². The number of imidazole rings is 1. The highest BCUT2D eigenvalue weighted by Gasteiger charge is 2.62. The molecular weight excluding hydrogens is 584 g/mol. The summed E-state index contributed by atoms with van der Waals surface area (Å²) in [5, 5.41) is 10.4. The number of ether oxygens (including phenoxy) is 2. The Morgan fingerprint density at radius 1 is 1.24 bits per heavy atom. The monoisotopic (exact) mass is 620 g/mol. The average Bonchev–Trinajstić information content (AvgIpc) is 3.32. The molecule has 234 valence electrons. The van der Waals surface area contributed by atoms with E-state index < -0.39 is 54.3 Å². The minimum absolute atomic E-state index is 0.0119. The topological polar surface area (TPSA) is 194 Å². The number of amides is 3. The molecule has 2 saturated carbocycles. The molecule has 6 rings (SSSR count). The summed E-state index contributed by atoms with van der Waals surface area (Å²) in [4.78, 5) is 60.8. The highest BCUT2D eigenvalue weighted by Crippen LogP contribution is 2.51. The van der Waals surface area contributed by atoms with E-state index in [9.17, 15) is 19.2 Å². The maximum atomic E-state index is 13.6. The van der Waals surface area contributed by atoms with Crippen molar-refractivity contribution in [1.29, 1.82) is 0 Å². The molecule has 4 heterocycles. The number of fused-ring (bicyclic) bond motifs is 2. The van der Waals surface area contributed by atoms with Crippen molar-refractivity contribution in [2.75, 3.05) is 31.5 Å². The fourth-order valence-electron chi connectivity index (χ4n) is 5.89. The van der Waals surface area contributed by atoms with Crippen molar-refractivity contribution < 1.29 is 29.3 Å². The summed E-state index contributed by atoms with van der Waals surface area (Å²) in [7, 11) is 3.83. The van der Waals surface area contributed by atoms with Gasteiger partial charge in [0.25, 0.3) is 0 Å². The zero-order valence-electron chi connectivity index (χ0n) is 28.5. The van der Waals surface area contributed by atoms with Gasteiger partial charge in [0.15, 0.2) is 17.0 Å². The molecule has 2 aliphatic carbocycles. The molecule has 0 radical (unpaired) electrons. The zero-order chi connectivity index (χ0) is 35.6. The Morgan fingerprint density at radius 2 is 2.04 bits per heavy atom. The highest BCUT2D eigenvalue weighted by atomic mass is 16.5. The van der Waals surface area contributed by atoms with Gasteiger partial charge in [0.05, 0.1) is 44.1 Å². The minimum Gasteiger partial charge on any atom is -0.453 e. The molecular formula is C29H32N10O6. The van der Waals surface area contributed by atoms with Gasteiger partial charge in [0, 0.05) is 36.3 Å². The van der Waals surface area contributed by atoms with Crippen molar-refractivity contribution in [3.05, 3.63) is 34.9 Å². The quantitative estimate of drug-likeness (QED) is 0.256. The predicted molar refractivity (Wildman–Crippen MR) is 163 cm³/mol. The van der Waals surface area contributed by atoms with Crippen LogP contribution in [-0.2, 0) is 26.8 Å². The van der Waals surface area contributed by atoms with Crippen LogP contribution < -0.4 is 27.0 Å². The van der Waals surface area contributed by atoms with Gasteiger partial charge in [-0.15, -0.1) is 12.3 Å². The number of methoxy groups -OCH3 is 2. The van der Waals surface area contributed by atoms with E-state index in [4.69, 9.17) is 22.4 Å². The van der Waals surface area contributed by atoms with Gasteiger partial charge in [0.2, 0.25) is 5.91 Å². The third kappa shape index (κ3) is 4.67. The highest BCUT2D eigenvalue weighted by molar-refractivity contribution is 5.99. The van der Waals surface area contributed by atoms with Crippen molar-refractivity contribution in [1.82, 2.24) is 34.2 Å². The first-order valence-electron chi connectivity index (χ1n) is 15.8. The second-order valence-corrected chi connectivity index (χ2v) is 10.8. The number of pyridine rings is 2. The number of rotatable bonds is 7. The number of anilines is 3. The van der Waals surface area contributed by atoms with Crippen LogP contribution in [-0.4, -0.2) is 74.3 Å². The number of terminal acetylenes is 1. The number of aryl methyl sites for hydroxylation is 1. The van der Waals surface area contributed by atoms with Crippen LogP contribution in [0.3, 0.4) is 0 Å². The standard InChI is InChI=1S/C29H32N10O6/c1-6-15-13-29(15,25(30)40)39-23-18(24(35-39)37(3)28(43)45-5)9-10-21(34-23)33-22-12-19-20(14-31-22)36(2)27(42)38(19)17-8-7-16(11-17)32-26(41)44-4/h1,9-10,12,14-17H,7-8,11,13H2,2-5H3,(H2,30,40)(H,32,41)(H,31,33,34)/t15-,16+,17+,29-/m0/s1/i2D3,16D. The van der Waals surface area contributed by atoms with Crippen molar-refractivity contribution in [2.24, 2.45) is 18.6 Å². The molecule has 4 aromatic heterocycles. The summed E-state index contributed by atoms with van der Waals surface area (Å²) in [5.74, 6) is 1.80. The Bertz CT molecular complexity index is 2140. The molecule has 0 aliphatic heterocycles. The molecule has 4 atom stereocenters. The lowest BCUT2D eigenvalue weighted by atomic mass is 10.2. The fourth-order valence-corrected chi connectivity index (χ4v) is 5.89. The maximum absolute atomic E-state index is 13.6. The summed E-state index contributed by atoms with van der Waals surface area (Å²) >= 11 is 0. The first-order chi connectivity index (χ1) is 23.1. The van der Waals surface area contributed by atoms with Gasteiger partial charge in [-0.05, 0) is 37.8 Å². The fraction of sp³-hybridized carbons (Fsp3) is 0.414. The Morgan fingerprint density at radius 3 is 2.71 bits per heavy atom. The molecule has 4 N–H and O–H groups in total. The number of nitrogens with zero attached hydrogens (tertiary/aromatic N) is 7. The number of primary amides is 1. The van der Waals surface area contributed by atoms with E-state index in [0.29, 0.717) is 16.4 Å². The minimum atomic E-state index is -2.84. The Balaban J connectivity index is 1.43. The SMILES string of the molecule is [2H]C([2H])([2H])n1c(=O)n([C@@H]2CC[C@@]([2H])(NC(=O)OC)C2)c2cc(Nc3ccc4c(N(C)C(=O)OC)nn([C@@]5(C(N)=O)C[C@@H]5C#C)c4n3)ncc21. The molecule has 16 heteroatoms. The van der Waals surface area contributed by atoms with Gasteiger partial charge in [-0.2, -0.15) is 5.10 Å². The number of nitrogens with one attached hydrogen (secondary N) is 2. The van der Waals surface area contributed by atoms with Gasteiger partial charge in [-0.3, -0.25) is 18.8 Å². The van der Waals surface area contributed by atoms with E-state index >= 15 is 0 Å². The van der Waals surface area contributed by atoms with E-state index in [1.165, 1.54) is 42.8 Å². The van der Waals surface area contributed by atoms with Gasteiger partial charge >= 0.3 is 17.9 Å². The summed E-state index contributed by atoms with van der Waals surface area (Å²) in [5.41, 5.74) is 4.04. The number of carbonyl (C=O) groups excluding carboxylic acids is 3. The third-order valence-corrected chi connectivity index (χ3v) is 8.32. The van der Waals surface area contributed by atoms with Gasteiger partial charge in [-0.25, -0.2) is 29.0 Å². The zero-order valence-corrected chi connectivity index (χ0v) is 24.5. The normalized spacial score (nSPS) is 25.4. The Hall–Kier alpha value is -5.59. The van der Waals surface area contributed by atoms with Crippen molar-refractivity contribution in [3.8, 4) is 12.3 Å². The second kappa shape index (κ2) is 10.8. The number of alkyl carbamates (subject to hydrolysis) is 1. The molecule has 4 aromatic rings. The lowest BCUT2D eigenvalue weighted by molar-refractivity contribution is -0.122. The second-order valence-electron chi connectivity index (χ2n) is 10.8. The summed E-state index contributed by atoms with van der Waals surface area (Å²) in [6.45, 7) is -2.84. The van der Waals surface area contributed by atoms with Crippen molar-refractivity contribution in [3.63, 3.8) is 0 Å². The number of nitrogens with two attached hydrogens (primary N) is 1. The van der Waals surface area contributed by atoms with Crippen molar-refractivity contribution in [2.45, 2.75) is 43.3 Å². The smallest absolute Gasteiger partial charge is 0.414 e. The molecule has 16 nitrogen and oxygen atoms in total. The van der Waals surface area contributed by atoms with Crippen LogP contribution in [0.1, 0.15) is 37.2 Å². The maximum Gasteiger partial charge on any atom is 0.414 e. The lowest BCUT2D eigenvalue weighted by Gasteiger charge is -2.15. The lowest BCUT2D eigenvalue weighted by Crippen LogP contribution is -2.37. The number of hydrogen-bond acceptors (Lipinski definition) is 10. The van der Waals surface area contributed by atoms with Gasteiger partial charge in [0.1, 0.15) is 11.6 Å². The van der Waals surface area contributed by atoms with E-state index in [1.807, 2.05) is 0 Å². The third-order valence-electron chi connectivity index (χ3n) is 8.32. The Kier molecular flexibility index (Phi) is 5.98. The van der Waals surface area contributed by atoms with Crippen LogP contribution in [0.4, 0.5) is 27.0 Å². The predicted octanol–water partition coefficient (Wildman–Crippen LogP) is 1.71. The molecule has 3 amide bonds. The van der Waals surface area contributed by atoms with Gasteiger partial charge < -0.3 is 25.8 Å². The molecule has 2 fully saturated rings. The molecule has 45 heavy (non-hydrogen) atoms. The van der Waals surface area contributed by atoms with Crippen molar-refractivity contribution >= 4 is 57.6 Å².